The molecule has 0 amide bonds. The molecule has 1 saturated heterocycles. The van der Waals surface area contributed by atoms with Crippen LogP contribution in [0.4, 0.5) is 0 Å². The van der Waals surface area contributed by atoms with Crippen molar-refractivity contribution < 1.29 is 24.2 Å². The molecule has 3 atom stereocenters. The van der Waals surface area contributed by atoms with E-state index in [2.05, 4.69) is 0 Å². The molecule has 1 fully saturated rings. The van der Waals surface area contributed by atoms with E-state index in [1.54, 1.807) is 13.8 Å². The van der Waals surface area contributed by atoms with Crippen molar-refractivity contribution in [3.05, 3.63) is 0 Å². The SMILES string of the molecule is CCOC(=O)CCC(O)CCC1CCC(C(C)=O)O1. The Hall–Kier alpha value is -0.940. The largest absolute Gasteiger partial charge is 0.466 e. The smallest absolute Gasteiger partial charge is 0.305 e. The Bertz CT molecular complexity index is 302. The summed E-state index contributed by atoms with van der Waals surface area (Å²) in [6.07, 6.45) is 2.92. The second-order valence-electron chi connectivity index (χ2n) is 5.01. The lowest BCUT2D eigenvalue weighted by atomic mass is 10.0. The Balaban J connectivity index is 2.12. The minimum atomic E-state index is -0.510. The molecule has 1 rings (SSSR count). The Labute approximate surface area is 114 Å². The minimum Gasteiger partial charge on any atom is -0.466 e. The van der Waals surface area contributed by atoms with Gasteiger partial charge >= 0.3 is 5.97 Å². The van der Waals surface area contributed by atoms with E-state index in [1.165, 1.54) is 0 Å². The van der Waals surface area contributed by atoms with Gasteiger partial charge in [0.05, 0.1) is 18.8 Å². The molecule has 110 valence electrons. The lowest BCUT2D eigenvalue weighted by Crippen LogP contribution is -2.19. The van der Waals surface area contributed by atoms with Crippen molar-refractivity contribution in [1.82, 2.24) is 0 Å². The van der Waals surface area contributed by atoms with Crippen LogP contribution in [0.25, 0.3) is 0 Å². The maximum absolute atomic E-state index is 11.1. The highest BCUT2D eigenvalue weighted by Crippen LogP contribution is 2.24. The molecule has 1 aliphatic rings. The summed E-state index contributed by atoms with van der Waals surface area (Å²) < 4.78 is 10.4. The molecule has 0 radical (unpaired) electrons. The lowest BCUT2D eigenvalue weighted by Gasteiger charge is -2.14. The topological polar surface area (TPSA) is 72.8 Å². The Morgan fingerprint density at radius 1 is 1.37 bits per heavy atom. The van der Waals surface area contributed by atoms with Gasteiger partial charge in [-0.25, -0.2) is 0 Å². The van der Waals surface area contributed by atoms with Gasteiger partial charge in [0.15, 0.2) is 5.78 Å². The van der Waals surface area contributed by atoms with Crippen molar-refractivity contribution in [3.8, 4) is 0 Å². The average Bonchev–Trinajstić information content (AvgIpc) is 2.83. The maximum Gasteiger partial charge on any atom is 0.305 e. The number of carbonyl (C=O) groups is 2. The summed E-state index contributed by atoms with van der Waals surface area (Å²) >= 11 is 0. The van der Waals surface area contributed by atoms with Crippen molar-refractivity contribution in [1.29, 1.82) is 0 Å². The van der Waals surface area contributed by atoms with Crippen LogP contribution in [0.3, 0.4) is 0 Å². The van der Waals surface area contributed by atoms with Crippen molar-refractivity contribution in [2.75, 3.05) is 6.61 Å². The van der Waals surface area contributed by atoms with Gasteiger partial charge in [0.1, 0.15) is 6.10 Å². The average molecular weight is 272 g/mol. The molecule has 0 aromatic rings. The van der Waals surface area contributed by atoms with Gasteiger partial charge in [0.25, 0.3) is 0 Å². The molecule has 0 spiro atoms. The minimum absolute atomic E-state index is 0.0612. The first-order valence-corrected chi connectivity index (χ1v) is 7.02. The first-order chi connectivity index (χ1) is 9.02. The van der Waals surface area contributed by atoms with Crippen molar-refractivity contribution in [2.24, 2.45) is 0 Å². The molecule has 19 heavy (non-hydrogen) atoms. The monoisotopic (exact) mass is 272 g/mol. The van der Waals surface area contributed by atoms with E-state index < -0.39 is 6.10 Å². The van der Waals surface area contributed by atoms with Gasteiger partial charge in [-0.1, -0.05) is 0 Å². The third kappa shape index (κ3) is 6.16. The van der Waals surface area contributed by atoms with Crippen LogP contribution < -0.4 is 0 Å². The molecule has 1 aliphatic heterocycles. The fourth-order valence-corrected chi connectivity index (χ4v) is 2.26. The van der Waals surface area contributed by atoms with Gasteiger partial charge in [-0.3, -0.25) is 9.59 Å². The van der Waals surface area contributed by atoms with Gasteiger partial charge in [0, 0.05) is 6.42 Å². The summed E-state index contributed by atoms with van der Waals surface area (Å²) in [4.78, 5) is 22.3. The highest BCUT2D eigenvalue weighted by molar-refractivity contribution is 5.80. The molecule has 0 bridgehead atoms. The number of rotatable bonds is 8. The second-order valence-corrected chi connectivity index (χ2v) is 5.01. The fourth-order valence-electron chi connectivity index (χ4n) is 2.26. The number of Topliss-reactive ketones (excluding diaryl/α,β-unsaturated/α-hetero) is 1. The van der Waals surface area contributed by atoms with Crippen LogP contribution in [0, 0.1) is 0 Å². The van der Waals surface area contributed by atoms with Gasteiger partial charge in [-0.05, 0) is 46.0 Å². The van der Waals surface area contributed by atoms with Crippen LogP contribution in [0.2, 0.25) is 0 Å². The molecular formula is C14H24O5. The number of aliphatic hydroxyl groups is 1. The highest BCUT2D eigenvalue weighted by atomic mass is 16.5. The summed E-state index contributed by atoms with van der Waals surface area (Å²) in [6, 6.07) is 0. The summed E-state index contributed by atoms with van der Waals surface area (Å²) in [5.41, 5.74) is 0. The third-order valence-corrected chi connectivity index (χ3v) is 3.37. The summed E-state index contributed by atoms with van der Waals surface area (Å²) in [5.74, 6) is -0.194. The van der Waals surface area contributed by atoms with Crippen LogP contribution in [-0.2, 0) is 19.1 Å². The van der Waals surface area contributed by atoms with Crippen molar-refractivity contribution in [3.63, 3.8) is 0 Å². The molecule has 0 saturated carbocycles. The van der Waals surface area contributed by atoms with Crippen LogP contribution >= 0.6 is 0 Å². The summed E-state index contributed by atoms with van der Waals surface area (Å²) in [6.45, 7) is 3.68. The zero-order valence-corrected chi connectivity index (χ0v) is 11.8. The van der Waals surface area contributed by atoms with Gasteiger partial charge in [-0.2, -0.15) is 0 Å². The Kier molecular flexibility index (Phi) is 7.02. The molecular weight excluding hydrogens is 248 g/mol. The zero-order valence-electron chi connectivity index (χ0n) is 11.8. The first-order valence-electron chi connectivity index (χ1n) is 7.02. The molecule has 0 aliphatic carbocycles. The van der Waals surface area contributed by atoms with Gasteiger partial charge in [0.2, 0.25) is 0 Å². The lowest BCUT2D eigenvalue weighted by molar-refractivity contribution is -0.143. The van der Waals surface area contributed by atoms with E-state index in [0.717, 1.165) is 19.3 Å². The highest BCUT2D eigenvalue weighted by Gasteiger charge is 2.28. The molecule has 0 aromatic carbocycles. The van der Waals surface area contributed by atoms with Crippen LogP contribution in [0.5, 0.6) is 0 Å². The Morgan fingerprint density at radius 2 is 2.11 bits per heavy atom. The number of ether oxygens (including phenoxy) is 2. The molecule has 3 unspecified atom stereocenters. The molecule has 0 aromatic heterocycles. The van der Waals surface area contributed by atoms with Crippen molar-refractivity contribution in [2.45, 2.75) is 70.7 Å². The van der Waals surface area contributed by atoms with E-state index in [1.807, 2.05) is 0 Å². The van der Waals surface area contributed by atoms with Crippen LogP contribution in [0.15, 0.2) is 0 Å². The summed E-state index contributed by atoms with van der Waals surface area (Å²) in [5, 5.41) is 9.77. The molecule has 5 nitrogen and oxygen atoms in total. The molecule has 1 N–H and O–H groups in total. The first kappa shape index (κ1) is 16.1. The number of aliphatic hydroxyl groups excluding tert-OH is 1. The summed E-state index contributed by atoms with van der Waals surface area (Å²) in [7, 11) is 0. The molecule has 5 heteroatoms. The van der Waals surface area contributed by atoms with E-state index in [-0.39, 0.29) is 30.4 Å². The normalized spacial score (nSPS) is 24.2. The van der Waals surface area contributed by atoms with E-state index in [0.29, 0.717) is 19.4 Å². The standard InChI is InChI=1S/C14H24O5/c1-3-18-14(17)9-5-11(16)4-6-12-7-8-13(19-12)10(2)15/h11-13,16H,3-9H2,1-2H3. The number of hydrogen-bond acceptors (Lipinski definition) is 5. The fraction of sp³-hybridized carbons (Fsp3) is 0.857. The van der Waals surface area contributed by atoms with E-state index in [4.69, 9.17) is 9.47 Å². The second kappa shape index (κ2) is 8.27. The van der Waals surface area contributed by atoms with Gasteiger partial charge < -0.3 is 14.6 Å². The number of carbonyl (C=O) groups excluding carboxylic acids is 2. The quantitative estimate of drug-likeness (QED) is 0.680. The van der Waals surface area contributed by atoms with Crippen LogP contribution in [-0.4, -0.2) is 41.8 Å². The zero-order chi connectivity index (χ0) is 14.3. The maximum atomic E-state index is 11.1. The number of hydrogen-bond donors (Lipinski definition) is 1. The third-order valence-electron chi connectivity index (χ3n) is 3.37. The predicted molar refractivity (Wildman–Crippen MR) is 69.7 cm³/mol. The predicted octanol–water partition coefficient (Wildman–Crippen LogP) is 1.61. The Morgan fingerprint density at radius 3 is 2.68 bits per heavy atom. The number of ketones is 1. The van der Waals surface area contributed by atoms with Crippen molar-refractivity contribution >= 4 is 11.8 Å². The number of esters is 1. The van der Waals surface area contributed by atoms with Crippen LogP contribution in [0.1, 0.15) is 52.4 Å². The van der Waals surface area contributed by atoms with E-state index >= 15 is 0 Å². The van der Waals surface area contributed by atoms with E-state index in [9.17, 15) is 14.7 Å². The molecule has 1 heterocycles. The van der Waals surface area contributed by atoms with Gasteiger partial charge in [-0.15, -0.1) is 0 Å².